The molecule has 2 N–H and O–H groups in total. The predicted octanol–water partition coefficient (Wildman–Crippen LogP) is 1.94. The van der Waals surface area contributed by atoms with Crippen LogP contribution in [-0.4, -0.2) is 12.0 Å². The molecule has 11 heavy (non-hydrogen) atoms. The Morgan fingerprint density at radius 2 is 1.82 bits per heavy atom. The lowest BCUT2D eigenvalue weighted by Gasteiger charge is -2.57. The van der Waals surface area contributed by atoms with Crippen molar-refractivity contribution in [3.05, 3.63) is 0 Å². The fraction of sp³-hybridized carbons (Fsp3) is 1.00. The van der Waals surface area contributed by atoms with Crippen molar-refractivity contribution in [1.29, 1.82) is 0 Å². The van der Waals surface area contributed by atoms with Gasteiger partial charge in [0.2, 0.25) is 5.92 Å². The van der Waals surface area contributed by atoms with Gasteiger partial charge in [0.1, 0.15) is 0 Å². The molecule has 1 atom stereocenters. The van der Waals surface area contributed by atoms with E-state index in [4.69, 9.17) is 5.73 Å². The van der Waals surface area contributed by atoms with E-state index in [0.29, 0.717) is 0 Å². The van der Waals surface area contributed by atoms with Crippen LogP contribution in [0.15, 0.2) is 0 Å². The monoisotopic (exact) mass is 183 g/mol. The standard InChI is InChI=1S/C7H11F2N.ClH/c8-7(9)3-6(4-7)2-1-5(6)10;/h5H,1-4,10H2;1H. The summed E-state index contributed by atoms with van der Waals surface area (Å²) in [7, 11) is 0. The highest BCUT2D eigenvalue weighted by Crippen LogP contribution is 2.61. The van der Waals surface area contributed by atoms with Gasteiger partial charge in [-0.3, -0.25) is 0 Å². The summed E-state index contributed by atoms with van der Waals surface area (Å²) in [5, 5.41) is 0. The van der Waals surface area contributed by atoms with E-state index < -0.39 is 5.92 Å². The molecule has 0 amide bonds. The minimum absolute atomic E-state index is 0. The second-order valence-electron chi connectivity index (χ2n) is 3.72. The van der Waals surface area contributed by atoms with Crippen molar-refractivity contribution in [2.24, 2.45) is 11.1 Å². The Balaban J connectivity index is 0.000000605. The largest absolute Gasteiger partial charge is 0.327 e. The molecule has 66 valence electrons. The highest BCUT2D eigenvalue weighted by atomic mass is 35.5. The number of hydrogen-bond donors (Lipinski definition) is 1. The fourth-order valence-electron chi connectivity index (χ4n) is 2.14. The minimum atomic E-state index is -2.39. The van der Waals surface area contributed by atoms with Crippen molar-refractivity contribution in [3.8, 4) is 0 Å². The lowest BCUT2D eigenvalue weighted by molar-refractivity contribution is -0.199. The highest BCUT2D eigenvalue weighted by Gasteiger charge is 2.62. The molecule has 2 fully saturated rings. The van der Waals surface area contributed by atoms with Crippen LogP contribution < -0.4 is 5.73 Å². The van der Waals surface area contributed by atoms with Crippen LogP contribution in [0.2, 0.25) is 0 Å². The highest BCUT2D eigenvalue weighted by molar-refractivity contribution is 5.85. The Morgan fingerprint density at radius 1 is 1.27 bits per heavy atom. The van der Waals surface area contributed by atoms with E-state index in [0.717, 1.165) is 12.8 Å². The number of halogens is 3. The molecule has 2 aliphatic rings. The summed E-state index contributed by atoms with van der Waals surface area (Å²) >= 11 is 0. The van der Waals surface area contributed by atoms with Gasteiger partial charge in [-0.15, -0.1) is 12.4 Å². The van der Waals surface area contributed by atoms with Crippen molar-refractivity contribution in [2.45, 2.75) is 37.6 Å². The average molecular weight is 184 g/mol. The normalized spacial score (nSPS) is 36.8. The van der Waals surface area contributed by atoms with Gasteiger partial charge in [0, 0.05) is 18.9 Å². The molecular formula is C7H12ClF2N. The van der Waals surface area contributed by atoms with E-state index in [9.17, 15) is 8.78 Å². The molecule has 1 unspecified atom stereocenters. The molecular weight excluding hydrogens is 172 g/mol. The van der Waals surface area contributed by atoms with Crippen LogP contribution in [0.5, 0.6) is 0 Å². The van der Waals surface area contributed by atoms with Crippen molar-refractivity contribution in [3.63, 3.8) is 0 Å². The molecule has 2 rings (SSSR count). The third-order valence-corrected chi connectivity index (χ3v) is 2.96. The molecule has 0 aliphatic heterocycles. The average Bonchev–Trinajstić information content (AvgIpc) is 1.78. The molecule has 0 aromatic rings. The topological polar surface area (TPSA) is 26.0 Å². The van der Waals surface area contributed by atoms with E-state index in [1.165, 1.54) is 0 Å². The first kappa shape index (κ1) is 9.20. The predicted molar refractivity (Wildman–Crippen MR) is 41.1 cm³/mol. The Labute approximate surface area is 70.7 Å². The van der Waals surface area contributed by atoms with Gasteiger partial charge in [-0.25, -0.2) is 8.78 Å². The summed E-state index contributed by atoms with van der Waals surface area (Å²) in [5.41, 5.74) is 5.47. The van der Waals surface area contributed by atoms with Crippen molar-refractivity contribution >= 4 is 12.4 Å². The number of hydrogen-bond acceptors (Lipinski definition) is 1. The first-order valence-electron chi connectivity index (χ1n) is 3.68. The van der Waals surface area contributed by atoms with Crippen LogP contribution >= 0.6 is 12.4 Å². The second kappa shape index (κ2) is 2.30. The van der Waals surface area contributed by atoms with E-state index in [1.807, 2.05) is 0 Å². The molecule has 2 saturated carbocycles. The minimum Gasteiger partial charge on any atom is -0.327 e. The first-order chi connectivity index (χ1) is 4.54. The molecule has 0 radical (unpaired) electrons. The van der Waals surface area contributed by atoms with Gasteiger partial charge >= 0.3 is 0 Å². The van der Waals surface area contributed by atoms with Gasteiger partial charge in [-0.2, -0.15) is 0 Å². The summed E-state index contributed by atoms with van der Waals surface area (Å²) in [6.07, 6.45) is 1.95. The Bertz CT molecular complexity index is 164. The van der Waals surface area contributed by atoms with Crippen LogP contribution in [0.25, 0.3) is 0 Å². The van der Waals surface area contributed by atoms with Crippen molar-refractivity contribution in [1.82, 2.24) is 0 Å². The molecule has 4 heteroatoms. The van der Waals surface area contributed by atoms with Crippen LogP contribution in [0.1, 0.15) is 25.7 Å². The summed E-state index contributed by atoms with van der Waals surface area (Å²) in [6.45, 7) is 0. The zero-order valence-electron chi connectivity index (χ0n) is 6.15. The van der Waals surface area contributed by atoms with Crippen LogP contribution in [0, 0.1) is 5.41 Å². The maximum Gasteiger partial charge on any atom is 0.249 e. The summed E-state index contributed by atoms with van der Waals surface area (Å²) in [5.74, 6) is -2.39. The van der Waals surface area contributed by atoms with Crippen LogP contribution in [0.4, 0.5) is 8.78 Å². The van der Waals surface area contributed by atoms with Gasteiger partial charge in [0.05, 0.1) is 0 Å². The maximum atomic E-state index is 12.4. The summed E-state index contributed by atoms with van der Waals surface area (Å²) < 4.78 is 24.7. The van der Waals surface area contributed by atoms with Gasteiger partial charge in [0.25, 0.3) is 0 Å². The quantitative estimate of drug-likeness (QED) is 0.611. The van der Waals surface area contributed by atoms with Gasteiger partial charge in [0.15, 0.2) is 0 Å². The Kier molecular flexibility index (Phi) is 1.92. The molecule has 1 nitrogen and oxygen atoms in total. The number of alkyl halides is 2. The SMILES string of the molecule is Cl.NC1CCC12CC(F)(F)C2. The molecule has 0 bridgehead atoms. The lowest BCUT2D eigenvalue weighted by Crippen LogP contribution is -2.62. The van der Waals surface area contributed by atoms with Crippen LogP contribution in [0.3, 0.4) is 0 Å². The van der Waals surface area contributed by atoms with Gasteiger partial charge in [-0.1, -0.05) is 0 Å². The Hall–Kier alpha value is 0.110. The van der Waals surface area contributed by atoms with Crippen molar-refractivity contribution in [2.75, 3.05) is 0 Å². The molecule has 0 saturated heterocycles. The first-order valence-corrected chi connectivity index (χ1v) is 3.68. The van der Waals surface area contributed by atoms with Gasteiger partial charge in [-0.05, 0) is 18.3 Å². The van der Waals surface area contributed by atoms with Gasteiger partial charge < -0.3 is 5.73 Å². The number of nitrogens with two attached hydrogens (primary N) is 1. The summed E-state index contributed by atoms with van der Waals surface area (Å²) in [4.78, 5) is 0. The van der Waals surface area contributed by atoms with E-state index in [1.54, 1.807) is 0 Å². The second-order valence-corrected chi connectivity index (χ2v) is 3.72. The van der Waals surface area contributed by atoms with E-state index >= 15 is 0 Å². The molecule has 0 aromatic heterocycles. The third kappa shape index (κ3) is 1.14. The maximum absolute atomic E-state index is 12.4. The van der Waals surface area contributed by atoms with E-state index in [2.05, 4.69) is 0 Å². The Morgan fingerprint density at radius 3 is 1.91 bits per heavy atom. The molecule has 2 aliphatic carbocycles. The van der Waals surface area contributed by atoms with Crippen LogP contribution in [-0.2, 0) is 0 Å². The molecule has 0 aromatic carbocycles. The third-order valence-electron chi connectivity index (χ3n) is 2.96. The lowest BCUT2D eigenvalue weighted by atomic mass is 9.51. The van der Waals surface area contributed by atoms with Crippen molar-refractivity contribution < 1.29 is 8.78 Å². The fourth-order valence-corrected chi connectivity index (χ4v) is 2.14. The molecule has 1 spiro atoms. The zero-order chi connectivity index (χ0) is 7.41. The summed E-state index contributed by atoms with van der Waals surface area (Å²) in [6, 6.07) is 0.0622. The molecule has 0 heterocycles. The zero-order valence-corrected chi connectivity index (χ0v) is 6.96. The number of rotatable bonds is 0. The smallest absolute Gasteiger partial charge is 0.249 e. The van der Waals surface area contributed by atoms with E-state index in [-0.39, 0.29) is 36.7 Å².